The molecule has 1 aliphatic heterocycles. The van der Waals surface area contributed by atoms with Gasteiger partial charge in [-0.05, 0) is 43.3 Å². The van der Waals surface area contributed by atoms with E-state index in [-0.39, 0.29) is 11.6 Å². The van der Waals surface area contributed by atoms with Crippen molar-refractivity contribution in [1.29, 1.82) is 0 Å². The number of hydrogen-bond donors (Lipinski definition) is 2. The summed E-state index contributed by atoms with van der Waals surface area (Å²) in [5, 5.41) is 5.64. The topological polar surface area (TPSA) is 98.8 Å². The molecule has 0 unspecified atom stereocenters. The largest absolute Gasteiger partial charge is 0.335 e. The zero-order valence-corrected chi connectivity index (χ0v) is 18.6. The van der Waals surface area contributed by atoms with Crippen LogP contribution in [-0.4, -0.2) is 53.7 Å². The average Bonchev–Trinajstić information content (AvgIpc) is 2.93. The summed E-state index contributed by atoms with van der Waals surface area (Å²) in [5.41, 5.74) is -0.775. The van der Waals surface area contributed by atoms with Gasteiger partial charge in [0.2, 0.25) is 11.8 Å². The van der Waals surface area contributed by atoms with Crippen molar-refractivity contribution in [2.24, 2.45) is 0 Å². The van der Waals surface area contributed by atoms with E-state index in [0.29, 0.717) is 16.3 Å². The van der Waals surface area contributed by atoms with Crippen molar-refractivity contribution in [2.75, 3.05) is 25.5 Å². The quantitative estimate of drug-likeness (QED) is 0.620. The van der Waals surface area contributed by atoms with E-state index < -0.39 is 41.7 Å². The predicted octanol–water partition coefficient (Wildman–Crippen LogP) is 3.00. The van der Waals surface area contributed by atoms with Crippen molar-refractivity contribution in [3.05, 3.63) is 63.9 Å². The number of rotatable bonds is 6. The Morgan fingerprint density at radius 2 is 1.81 bits per heavy atom. The Bertz CT molecular complexity index is 1100. The SMILES string of the molecule is CN(CC(=O)Nc1ccc(F)cc1)C(=O)CN1C(=O)N[C@@](C)(c2ccc(Cl)cc2Cl)C1=O. The van der Waals surface area contributed by atoms with E-state index in [9.17, 15) is 23.6 Å². The zero-order valence-electron chi connectivity index (χ0n) is 17.1. The molecule has 3 rings (SSSR count). The van der Waals surface area contributed by atoms with Crippen LogP contribution in [0.1, 0.15) is 12.5 Å². The fourth-order valence-corrected chi connectivity index (χ4v) is 3.81. The van der Waals surface area contributed by atoms with Crippen LogP contribution in [0.2, 0.25) is 10.0 Å². The van der Waals surface area contributed by atoms with Gasteiger partial charge in [0, 0.05) is 28.3 Å². The van der Waals surface area contributed by atoms with Crippen molar-refractivity contribution in [1.82, 2.24) is 15.1 Å². The lowest BCUT2D eigenvalue weighted by atomic mass is 9.92. The van der Waals surface area contributed by atoms with E-state index >= 15 is 0 Å². The molecule has 0 radical (unpaired) electrons. The minimum Gasteiger partial charge on any atom is -0.335 e. The second-order valence-corrected chi connectivity index (χ2v) is 8.22. The number of carbonyl (C=O) groups is 4. The summed E-state index contributed by atoms with van der Waals surface area (Å²) in [7, 11) is 1.36. The van der Waals surface area contributed by atoms with Crippen LogP contribution in [0.25, 0.3) is 0 Å². The number of benzene rings is 2. The van der Waals surface area contributed by atoms with Crippen molar-refractivity contribution in [2.45, 2.75) is 12.5 Å². The fourth-order valence-electron chi connectivity index (χ4n) is 3.21. The van der Waals surface area contributed by atoms with Gasteiger partial charge < -0.3 is 15.5 Å². The molecular weight excluding hydrogens is 462 g/mol. The maximum atomic E-state index is 13.0. The highest BCUT2D eigenvalue weighted by Gasteiger charge is 2.50. The van der Waals surface area contributed by atoms with Gasteiger partial charge in [0.25, 0.3) is 5.91 Å². The van der Waals surface area contributed by atoms with Gasteiger partial charge in [-0.3, -0.25) is 19.3 Å². The number of halogens is 3. The number of anilines is 1. The third-order valence-electron chi connectivity index (χ3n) is 4.97. The van der Waals surface area contributed by atoms with Crippen molar-refractivity contribution in [3.63, 3.8) is 0 Å². The van der Waals surface area contributed by atoms with E-state index in [0.717, 1.165) is 9.80 Å². The highest BCUT2D eigenvalue weighted by molar-refractivity contribution is 6.35. The average molecular weight is 481 g/mol. The first-order valence-corrected chi connectivity index (χ1v) is 10.2. The third kappa shape index (κ3) is 4.84. The molecule has 1 atom stereocenters. The Balaban J connectivity index is 1.65. The summed E-state index contributed by atoms with van der Waals surface area (Å²) in [4.78, 5) is 52.0. The van der Waals surface area contributed by atoms with Crippen LogP contribution in [0.4, 0.5) is 14.9 Å². The molecule has 1 aliphatic rings. The number of likely N-dealkylation sites (N-methyl/N-ethyl adjacent to an activating group) is 1. The van der Waals surface area contributed by atoms with Gasteiger partial charge in [-0.15, -0.1) is 0 Å². The highest BCUT2D eigenvalue weighted by Crippen LogP contribution is 2.34. The maximum Gasteiger partial charge on any atom is 0.325 e. The zero-order chi connectivity index (χ0) is 23.6. The van der Waals surface area contributed by atoms with Gasteiger partial charge in [0.15, 0.2) is 0 Å². The van der Waals surface area contributed by atoms with Crippen molar-refractivity contribution >= 4 is 52.6 Å². The smallest absolute Gasteiger partial charge is 0.325 e. The molecule has 2 N–H and O–H groups in total. The molecule has 0 bridgehead atoms. The van der Waals surface area contributed by atoms with Gasteiger partial charge in [0.1, 0.15) is 17.9 Å². The second-order valence-electron chi connectivity index (χ2n) is 7.38. The molecule has 0 aliphatic carbocycles. The Morgan fingerprint density at radius 3 is 2.44 bits per heavy atom. The molecule has 2 aromatic rings. The van der Waals surface area contributed by atoms with E-state index in [2.05, 4.69) is 10.6 Å². The van der Waals surface area contributed by atoms with E-state index in [1.165, 1.54) is 56.4 Å². The Morgan fingerprint density at radius 1 is 1.16 bits per heavy atom. The maximum absolute atomic E-state index is 13.0. The first kappa shape index (κ1) is 23.5. The molecule has 0 spiro atoms. The Labute approximate surface area is 193 Å². The van der Waals surface area contributed by atoms with Crippen LogP contribution in [0.3, 0.4) is 0 Å². The fraction of sp³-hybridized carbons (Fsp3) is 0.238. The molecular formula is C21H19Cl2FN4O4. The molecule has 1 fully saturated rings. The van der Waals surface area contributed by atoms with E-state index in [1.807, 2.05) is 0 Å². The third-order valence-corrected chi connectivity index (χ3v) is 5.52. The predicted molar refractivity (Wildman–Crippen MR) is 117 cm³/mol. The van der Waals surface area contributed by atoms with Crippen LogP contribution in [0.5, 0.6) is 0 Å². The van der Waals surface area contributed by atoms with E-state index in [1.54, 1.807) is 0 Å². The van der Waals surface area contributed by atoms with Gasteiger partial charge >= 0.3 is 6.03 Å². The minimum absolute atomic E-state index is 0.191. The van der Waals surface area contributed by atoms with Gasteiger partial charge in [0.05, 0.1) is 6.54 Å². The molecule has 2 aromatic carbocycles. The first-order chi connectivity index (χ1) is 15.0. The van der Waals surface area contributed by atoms with Crippen molar-refractivity contribution in [3.8, 4) is 0 Å². The number of nitrogens with zero attached hydrogens (tertiary/aromatic N) is 2. The molecule has 11 heteroatoms. The molecule has 0 saturated carbocycles. The summed E-state index contributed by atoms with van der Waals surface area (Å²) in [6.07, 6.45) is 0. The standard InChI is InChI=1S/C21H19Cl2FN4O4/c1-21(15-8-3-12(22)9-16(15)23)19(31)28(20(32)26-21)11-18(30)27(2)10-17(29)25-14-6-4-13(24)5-7-14/h3-9H,10-11H2,1-2H3,(H,25,29)(H,26,32)/t21-/m0/s1. The lowest BCUT2D eigenvalue weighted by molar-refractivity contribution is -0.139. The highest BCUT2D eigenvalue weighted by atomic mass is 35.5. The number of carbonyl (C=O) groups excluding carboxylic acids is 4. The summed E-state index contributed by atoms with van der Waals surface area (Å²) < 4.78 is 13.0. The van der Waals surface area contributed by atoms with Crippen LogP contribution < -0.4 is 10.6 Å². The van der Waals surface area contributed by atoms with Gasteiger partial charge in [-0.2, -0.15) is 0 Å². The Hall–Kier alpha value is -3.17. The second kappa shape index (κ2) is 9.13. The summed E-state index contributed by atoms with van der Waals surface area (Å²) in [5.74, 6) is -2.27. The lowest BCUT2D eigenvalue weighted by Gasteiger charge is -2.24. The number of amides is 5. The van der Waals surface area contributed by atoms with Crippen LogP contribution in [-0.2, 0) is 19.9 Å². The van der Waals surface area contributed by atoms with Crippen LogP contribution in [0.15, 0.2) is 42.5 Å². The van der Waals surface area contributed by atoms with Crippen LogP contribution in [0, 0.1) is 5.82 Å². The molecule has 0 aromatic heterocycles. The lowest BCUT2D eigenvalue weighted by Crippen LogP contribution is -2.45. The molecule has 5 amide bonds. The minimum atomic E-state index is -1.47. The molecule has 168 valence electrons. The monoisotopic (exact) mass is 480 g/mol. The number of nitrogens with one attached hydrogen (secondary N) is 2. The number of hydrogen-bond acceptors (Lipinski definition) is 4. The van der Waals surface area contributed by atoms with Gasteiger partial charge in [-0.1, -0.05) is 29.3 Å². The summed E-state index contributed by atoms with van der Waals surface area (Å²) >= 11 is 12.1. The van der Waals surface area contributed by atoms with E-state index in [4.69, 9.17) is 23.2 Å². The molecule has 1 saturated heterocycles. The van der Waals surface area contributed by atoms with Crippen LogP contribution >= 0.6 is 23.2 Å². The summed E-state index contributed by atoms with van der Waals surface area (Å²) in [6.45, 7) is 0.582. The number of urea groups is 1. The van der Waals surface area contributed by atoms with Crippen molar-refractivity contribution < 1.29 is 23.6 Å². The molecule has 8 nitrogen and oxygen atoms in total. The summed E-state index contributed by atoms with van der Waals surface area (Å²) in [6, 6.07) is 8.88. The molecule has 1 heterocycles. The number of imide groups is 1. The molecule has 32 heavy (non-hydrogen) atoms. The van der Waals surface area contributed by atoms with Gasteiger partial charge in [-0.25, -0.2) is 9.18 Å². The normalized spacial score (nSPS) is 17.8. The Kier molecular flexibility index (Phi) is 6.71. The first-order valence-electron chi connectivity index (χ1n) is 9.40.